The van der Waals surface area contributed by atoms with Gasteiger partial charge in [0.1, 0.15) is 0 Å². The second kappa shape index (κ2) is 8.92. The number of rotatable bonds is 3. The summed E-state index contributed by atoms with van der Waals surface area (Å²) in [6, 6.07) is 25.3. The van der Waals surface area contributed by atoms with Crippen LogP contribution >= 0.6 is 24.8 Å². The normalized spacial score (nSPS) is 17.0. The monoisotopic (exact) mass is 554 g/mol. The van der Waals surface area contributed by atoms with E-state index in [-0.39, 0.29) is 24.8 Å². The van der Waals surface area contributed by atoms with Gasteiger partial charge in [0.2, 0.25) is 0 Å². The molecule has 3 aromatic rings. The Morgan fingerprint density at radius 1 is 0.818 bits per heavy atom. The zero-order chi connectivity index (χ0) is 22.0. The molecular weight excluding hydrogens is 522 g/mol. The standard InChI is InChI=1S/C13H9.C8H11.C7H7.CH3.CH2.2ClH.Zr/c1-3-7-12-10(5-1)9-11-6-2-4-8-13(11)12;1-6-4-7(2)8(3)5-6;1-7-5-3-2-4-6-7;;;;;/h1-5,7-8H,9H2;4,6H,1-3H3;3-6H,1H3;1H3;1H2;2*1H;. The van der Waals surface area contributed by atoms with E-state index in [0.29, 0.717) is 5.92 Å². The first-order chi connectivity index (χ1) is 14.7. The van der Waals surface area contributed by atoms with Gasteiger partial charge >= 0.3 is 189 Å². The van der Waals surface area contributed by atoms with E-state index in [0.717, 1.165) is 6.42 Å². The molecule has 3 heteroatoms. The average Bonchev–Trinajstić information content (AvgIpc) is 3.25. The number of hydrogen-bond donors (Lipinski definition) is 0. The molecule has 0 saturated carbocycles. The van der Waals surface area contributed by atoms with Gasteiger partial charge in [-0.15, -0.1) is 24.8 Å². The Morgan fingerprint density at radius 2 is 1.45 bits per heavy atom. The van der Waals surface area contributed by atoms with Crippen molar-refractivity contribution in [2.45, 2.75) is 38.7 Å². The molecule has 0 nitrogen and oxygen atoms in total. The van der Waals surface area contributed by atoms with Crippen LogP contribution in [0.5, 0.6) is 0 Å². The first-order valence-electron chi connectivity index (χ1n) is 11.4. The van der Waals surface area contributed by atoms with Gasteiger partial charge in [0.15, 0.2) is 0 Å². The molecule has 0 spiro atoms. The molecular formula is C30H34Cl2Zr. The molecule has 0 aliphatic heterocycles. The van der Waals surface area contributed by atoms with Crippen molar-refractivity contribution in [1.29, 1.82) is 0 Å². The summed E-state index contributed by atoms with van der Waals surface area (Å²) in [5.41, 5.74) is 10.0. The zero-order valence-electron chi connectivity index (χ0n) is 20.2. The van der Waals surface area contributed by atoms with Gasteiger partial charge in [-0.3, -0.25) is 0 Å². The van der Waals surface area contributed by atoms with Crippen molar-refractivity contribution >= 4 is 35.6 Å². The van der Waals surface area contributed by atoms with Crippen LogP contribution in [0.15, 0.2) is 87.2 Å². The number of benzene rings is 3. The van der Waals surface area contributed by atoms with Gasteiger partial charge in [-0.1, -0.05) is 0 Å². The minimum absolute atomic E-state index is 0. The van der Waals surface area contributed by atoms with Gasteiger partial charge in [-0.05, 0) is 0 Å². The topological polar surface area (TPSA) is 0 Å². The van der Waals surface area contributed by atoms with Crippen LogP contribution in [0.2, 0.25) is 4.63 Å². The predicted molar refractivity (Wildman–Crippen MR) is 148 cm³/mol. The van der Waals surface area contributed by atoms with Crippen molar-refractivity contribution in [2.24, 2.45) is 5.92 Å². The van der Waals surface area contributed by atoms with Crippen LogP contribution in [-0.4, -0.2) is 4.21 Å². The Labute approximate surface area is 212 Å². The van der Waals surface area contributed by atoms with Crippen molar-refractivity contribution in [3.63, 3.8) is 0 Å². The number of hydrogen-bond acceptors (Lipinski definition) is 0. The van der Waals surface area contributed by atoms with Gasteiger partial charge in [0, 0.05) is 0 Å². The number of halogens is 2. The van der Waals surface area contributed by atoms with Crippen molar-refractivity contribution in [3.8, 4) is 11.1 Å². The van der Waals surface area contributed by atoms with Crippen molar-refractivity contribution in [2.75, 3.05) is 0 Å². The molecule has 33 heavy (non-hydrogen) atoms. The van der Waals surface area contributed by atoms with Crippen molar-refractivity contribution in [3.05, 3.63) is 104 Å². The molecule has 0 fully saturated rings. The van der Waals surface area contributed by atoms with Crippen molar-refractivity contribution in [1.82, 2.24) is 0 Å². The van der Waals surface area contributed by atoms with Crippen LogP contribution in [0, 0.1) is 12.8 Å². The van der Waals surface area contributed by atoms with Crippen LogP contribution in [0.4, 0.5) is 0 Å². The van der Waals surface area contributed by atoms with E-state index in [2.05, 4.69) is 105 Å². The maximum absolute atomic E-state index is 5.35. The molecule has 1 atom stereocenters. The molecule has 0 N–H and O–H groups in total. The fourth-order valence-electron chi connectivity index (χ4n) is 6.51. The molecule has 2 aliphatic rings. The molecule has 172 valence electrons. The number of fused-ring (bicyclic) bond motifs is 3. The molecule has 0 radical (unpaired) electrons. The van der Waals surface area contributed by atoms with Crippen LogP contribution in [0.25, 0.3) is 11.1 Å². The Morgan fingerprint density at radius 3 is 2.09 bits per heavy atom. The van der Waals surface area contributed by atoms with Gasteiger partial charge in [-0.2, -0.15) is 0 Å². The molecule has 1 unspecified atom stereocenters. The molecule has 0 amide bonds. The van der Waals surface area contributed by atoms with E-state index in [9.17, 15) is 0 Å². The molecule has 2 aliphatic carbocycles. The fourth-order valence-corrected chi connectivity index (χ4v) is 21.5. The summed E-state index contributed by atoms with van der Waals surface area (Å²) >= 11 is -4.10. The molecule has 0 aromatic heterocycles. The number of aryl methyl sites for hydroxylation is 1. The van der Waals surface area contributed by atoms with E-state index >= 15 is 0 Å². The maximum atomic E-state index is 5.35. The summed E-state index contributed by atoms with van der Waals surface area (Å²) in [6.07, 6.45) is 3.48. The molecule has 0 heterocycles. The third-order valence-electron chi connectivity index (χ3n) is 8.09. The second-order valence-corrected chi connectivity index (χ2v) is 24.2. The summed E-state index contributed by atoms with van der Waals surface area (Å²) < 4.78 is 12.6. The van der Waals surface area contributed by atoms with Gasteiger partial charge < -0.3 is 0 Å². The molecule has 5 rings (SSSR count). The second-order valence-electron chi connectivity index (χ2n) is 10.2. The summed E-state index contributed by atoms with van der Waals surface area (Å²) in [7, 11) is 0. The van der Waals surface area contributed by atoms with Gasteiger partial charge in [0.05, 0.1) is 0 Å². The zero-order valence-corrected chi connectivity index (χ0v) is 24.3. The third-order valence-corrected chi connectivity index (χ3v) is 23.1. The van der Waals surface area contributed by atoms with Crippen LogP contribution in [0.3, 0.4) is 0 Å². The van der Waals surface area contributed by atoms with E-state index < -0.39 is 18.3 Å². The van der Waals surface area contributed by atoms with Crippen LogP contribution < -0.4 is 6.54 Å². The van der Waals surface area contributed by atoms with Crippen molar-refractivity contribution < 1.29 is 18.3 Å². The molecule has 3 aromatic carbocycles. The summed E-state index contributed by atoms with van der Waals surface area (Å²) in [5.74, 6) is 0.439. The summed E-state index contributed by atoms with van der Waals surface area (Å²) in [6.45, 7) is 9.16. The van der Waals surface area contributed by atoms with E-state index in [1.165, 1.54) is 42.2 Å². The molecule has 0 bridgehead atoms. The van der Waals surface area contributed by atoms with Crippen LogP contribution in [-0.2, 0) is 24.7 Å². The van der Waals surface area contributed by atoms with E-state index in [4.69, 9.17) is 4.21 Å². The first kappa shape index (κ1) is 26.1. The predicted octanol–water partition coefficient (Wildman–Crippen LogP) is 7.40. The summed E-state index contributed by atoms with van der Waals surface area (Å²) in [5, 5.41) is 0. The summed E-state index contributed by atoms with van der Waals surface area (Å²) in [4.78, 5) is 0. The fraction of sp³-hybridized carbons (Fsp3) is 0.233. The first-order valence-corrected chi connectivity index (χ1v) is 19.3. The molecule has 0 saturated heterocycles. The third kappa shape index (κ3) is 3.72. The Balaban J connectivity index is 0.00000153. The van der Waals surface area contributed by atoms with Crippen LogP contribution in [0.1, 0.15) is 37.5 Å². The number of allylic oxidation sites excluding steroid dienone is 4. The Hall–Kier alpha value is -1.53. The minimum atomic E-state index is -4.10. The van der Waals surface area contributed by atoms with E-state index in [1.807, 2.05) is 0 Å². The quantitative estimate of drug-likeness (QED) is 0.247. The van der Waals surface area contributed by atoms with E-state index in [1.54, 1.807) is 6.55 Å². The Bertz CT molecular complexity index is 1360. The Kier molecular flexibility index (Phi) is 7.05. The van der Waals surface area contributed by atoms with Gasteiger partial charge in [0.25, 0.3) is 0 Å². The average molecular weight is 557 g/mol. The SMILES string of the molecule is Cl.Cl.[CH2]=[Zr]([CH3])([C]1=C(C)C(C)=CC1C)([c]1ccc(C)cc1)[c]1cccc2c1Cc1ccccc1-2. The van der Waals surface area contributed by atoms with Gasteiger partial charge in [-0.25, -0.2) is 0 Å².